The van der Waals surface area contributed by atoms with Gasteiger partial charge in [0.15, 0.2) is 10.2 Å². The number of methoxy groups -OCH3 is 1. The fourth-order valence-electron chi connectivity index (χ4n) is 3.21. The van der Waals surface area contributed by atoms with Crippen LogP contribution < -0.4 is 15.4 Å². The molecule has 150 valence electrons. The van der Waals surface area contributed by atoms with Crippen LogP contribution in [0.25, 0.3) is 22.0 Å². The van der Waals surface area contributed by atoms with Crippen molar-refractivity contribution in [3.63, 3.8) is 0 Å². The monoisotopic (exact) mass is 433 g/mol. The highest BCUT2D eigenvalue weighted by molar-refractivity contribution is 7.80. The van der Waals surface area contributed by atoms with Gasteiger partial charge in [0.25, 0.3) is 5.91 Å². The van der Waals surface area contributed by atoms with Crippen molar-refractivity contribution in [2.45, 2.75) is 6.92 Å². The van der Waals surface area contributed by atoms with E-state index in [2.05, 4.69) is 39.9 Å². The van der Waals surface area contributed by atoms with Gasteiger partial charge in [-0.05, 0) is 47.6 Å². The first kappa shape index (κ1) is 20.0. The summed E-state index contributed by atoms with van der Waals surface area (Å²) in [6.45, 7) is 1.88. The molecule has 3 aromatic carbocycles. The molecule has 1 heterocycles. The molecule has 4 rings (SSSR count). The molecule has 0 bridgehead atoms. The number of hydrogen-bond acceptors (Lipinski definition) is 5. The van der Waals surface area contributed by atoms with Gasteiger partial charge < -0.3 is 10.1 Å². The Hall–Kier alpha value is -3.29. The van der Waals surface area contributed by atoms with Gasteiger partial charge in [-0.15, -0.1) is 11.3 Å². The standard InChI is InChI=1S/C23H19N3O2S2/c1-14-6-5-9-18(20(14)28-2)21(27)25-22(29)26-23-24-19(13-30-23)17-11-10-15-7-3-4-8-16(15)12-17/h3-13H,1-2H3,(H2,24,25,26,27,29). The van der Waals surface area contributed by atoms with Crippen molar-refractivity contribution in [1.82, 2.24) is 10.3 Å². The third-order valence-electron chi connectivity index (χ3n) is 4.66. The number of thiazole rings is 1. The second-order valence-electron chi connectivity index (χ2n) is 6.66. The SMILES string of the molecule is COc1c(C)cccc1C(=O)NC(=S)Nc1nc(-c2ccc3ccccc3c2)cs1. The maximum absolute atomic E-state index is 12.6. The second-order valence-corrected chi connectivity index (χ2v) is 7.93. The average Bonchev–Trinajstić information content (AvgIpc) is 3.21. The van der Waals surface area contributed by atoms with Crippen LogP contribution in [-0.2, 0) is 0 Å². The van der Waals surface area contributed by atoms with Crippen LogP contribution in [0.5, 0.6) is 5.75 Å². The molecule has 5 nitrogen and oxygen atoms in total. The zero-order valence-electron chi connectivity index (χ0n) is 16.4. The Morgan fingerprint density at radius 3 is 2.67 bits per heavy atom. The summed E-state index contributed by atoms with van der Waals surface area (Å²) in [5.74, 6) is 0.199. The number of amides is 1. The van der Waals surface area contributed by atoms with Gasteiger partial charge in [0.05, 0.1) is 18.4 Å². The van der Waals surface area contributed by atoms with Crippen LogP contribution in [0, 0.1) is 6.92 Å². The van der Waals surface area contributed by atoms with Crippen molar-refractivity contribution in [2.75, 3.05) is 12.4 Å². The maximum Gasteiger partial charge on any atom is 0.261 e. The fourth-order valence-corrected chi connectivity index (χ4v) is 4.19. The number of para-hydroxylation sites is 1. The highest BCUT2D eigenvalue weighted by Crippen LogP contribution is 2.28. The molecule has 0 fully saturated rings. The normalized spacial score (nSPS) is 10.6. The number of aryl methyl sites for hydroxylation is 1. The van der Waals surface area contributed by atoms with Crippen molar-refractivity contribution in [3.8, 4) is 17.0 Å². The number of thiocarbonyl (C=S) groups is 1. The van der Waals surface area contributed by atoms with Gasteiger partial charge in [-0.1, -0.05) is 48.5 Å². The number of hydrogen-bond donors (Lipinski definition) is 2. The van der Waals surface area contributed by atoms with E-state index in [-0.39, 0.29) is 11.0 Å². The summed E-state index contributed by atoms with van der Waals surface area (Å²) >= 11 is 6.72. The summed E-state index contributed by atoms with van der Waals surface area (Å²) in [4.78, 5) is 17.2. The van der Waals surface area contributed by atoms with Crippen LogP contribution in [0.4, 0.5) is 5.13 Å². The molecule has 4 aromatic rings. The Bertz CT molecular complexity index is 1250. The van der Waals surface area contributed by atoms with Crippen LogP contribution in [-0.4, -0.2) is 23.1 Å². The summed E-state index contributed by atoms with van der Waals surface area (Å²) in [5.41, 5.74) is 3.18. The van der Waals surface area contributed by atoms with Gasteiger partial charge in [0.1, 0.15) is 5.75 Å². The molecular weight excluding hydrogens is 414 g/mol. The van der Waals surface area contributed by atoms with Crippen LogP contribution in [0.15, 0.2) is 66.0 Å². The van der Waals surface area contributed by atoms with Gasteiger partial charge >= 0.3 is 0 Å². The third-order valence-corrected chi connectivity index (χ3v) is 5.62. The first-order chi connectivity index (χ1) is 14.5. The van der Waals surface area contributed by atoms with Crippen LogP contribution in [0.2, 0.25) is 0 Å². The summed E-state index contributed by atoms with van der Waals surface area (Å²) in [7, 11) is 1.54. The molecule has 0 atom stereocenters. The molecule has 0 spiro atoms. The second kappa shape index (κ2) is 8.61. The van der Waals surface area contributed by atoms with Crippen molar-refractivity contribution in [2.24, 2.45) is 0 Å². The van der Waals surface area contributed by atoms with Gasteiger partial charge in [0, 0.05) is 10.9 Å². The number of rotatable bonds is 4. The minimum absolute atomic E-state index is 0.183. The molecule has 0 saturated carbocycles. The predicted octanol–water partition coefficient (Wildman–Crippen LogP) is 5.41. The Morgan fingerprint density at radius 2 is 1.87 bits per heavy atom. The zero-order chi connectivity index (χ0) is 21.1. The van der Waals surface area contributed by atoms with E-state index >= 15 is 0 Å². The zero-order valence-corrected chi connectivity index (χ0v) is 18.1. The number of ether oxygens (including phenoxy) is 1. The number of carbonyl (C=O) groups is 1. The minimum Gasteiger partial charge on any atom is -0.496 e. The number of carbonyl (C=O) groups excluding carboxylic acids is 1. The number of fused-ring (bicyclic) bond motifs is 1. The Labute approximate surface area is 183 Å². The number of nitrogens with zero attached hydrogens (tertiary/aromatic N) is 1. The van der Waals surface area contributed by atoms with Gasteiger partial charge in [0.2, 0.25) is 0 Å². The Balaban J connectivity index is 1.46. The van der Waals surface area contributed by atoms with Gasteiger partial charge in [-0.3, -0.25) is 10.1 Å². The summed E-state index contributed by atoms with van der Waals surface area (Å²) < 4.78 is 5.35. The van der Waals surface area contributed by atoms with E-state index in [9.17, 15) is 4.79 Å². The molecule has 0 aliphatic rings. The van der Waals surface area contributed by atoms with E-state index in [0.717, 1.165) is 22.2 Å². The van der Waals surface area contributed by atoms with Crippen molar-refractivity contribution in [3.05, 3.63) is 77.2 Å². The summed E-state index contributed by atoms with van der Waals surface area (Å²) in [6.07, 6.45) is 0. The molecular formula is C23H19N3O2S2. The lowest BCUT2D eigenvalue weighted by atomic mass is 10.1. The molecule has 0 aliphatic carbocycles. The van der Waals surface area contributed by atoms with Crippen molar-refractivity contribution in [1.29, 1.82) is 0 Å². The van der Waals surface area contributed by atoms with E-state index < -0.39 is 0 Å². The molecule has 2 N–H and O–H groups in total. The molecule has 1 aromatic heterocycles. The molecule has 0 unspecified atom stereocenters. The average molecular weight is 434 g/mol. The molecule has 30 heavy (non-hydrogen) atoms. The van der Waals surface area contributed by atoms with Crippen molar-refractivity contribution >= 4 is 50.5 Å². The van der Waals surface area contributed by atoms with Crippen molar-refractivity contribution < 1.29 is 9.53 Å². The summed E-state index contributed by atoms with van der Waals surface area (Å²) in [5, 5.41) is 10.8. The lowest BCUT2D eigenvalue weighted by Crippen LogP contribution is -2.34. The van der Waals surface area contributed by atoms with Crippen LogP contribution in [0.1, 0.15) is 15.9 Å². The smallest absolute Gasteiger partial charge is 0.261 e. The van der Waals surface area contributed by atoms with Crippen LogP contribution in [0.3, 0.4) is 0 Å². The predicted molar refractivity (Wildman–Crippen MR) is 126 cm³/mol. The van der Waals surface area contributed by atoms with E-state index in [1.807, 2.05) is 36.6 Å². The first-order valence-corrected chi connectivity index (χ1v) is 10.5. The Morgan fingerprint density at radius 1 is 1.07 bits per heavy atom. The van der Waals surface area contributed by atoms with E-state index in [1.54, 1.807) is 19.2 Å². The topological polar surface area (TPSA) is 63.2 Å². The molecule has 1 amide bonds. The van der Waals surface area contributed by atoms with Crippen LogP contribution >= 0.6 is 23.6 Å². The fraction of sp³-hybridized carbons (Fsp3) is 0.0870. The third kappa shape index (κ3) is 4.17. The quantitative estimate of drug-likeness (QED) is 0.422. The highest BCUT2D eigenvalue weighted by Gasteiger charge is 2.16. The van der Waals surface area contributed by atoms with E-state index in [1.165, 1.54) is 16.7 Å². The molecule has 0 radical (unpaired) electrons. The lowest BCUT2D eigenvalue weighted by Gasteiger charge is -2.12. The van der Waals surface area contributed by atoms with E-state index in [4.69, 9.17) is 17.0 Å². The van der Waals surface area contributed by atoms with Gasteiger partial charge in [-0.2, -0.15) is 0 Å². The number of benzene rings is 3. The maximum atomic E-state index is 12.6. The Kier molecular flexibility index (Phi) is 5.74. The highest BCUT2D eigenvalue weighted by atomic mass is 32.1. The first-order valence-electron chi connectivity index (χ1n) is 9.26. The van der Waals surface area contributed by atoms with Gasteiger partial charge in [-0.25, -0.2) is 4.98 Å². The molecule has 0 aliphatic heterocycles. The van der Waals surface area contributed by atoms with E-state index in [0.29, 0.717) is 16.4 Å². The molecule has 0 saturated heterocycles. The minimum atomic E-state index is -0.334. The summed E-state index contributed by atoms with van der Waals surface area (Å²) in [6, 6.07) is 19.8. The number of nitrogens with one attached hydrogen (secondary N) is 2. The number of anilines is 1. The largest absolute Gasteiger partial charge is 0.496 e. The lowest BCUT2D eigenvalue weighted by molar-refractivity contribution is 0.0974. The number of aromatic nitrogens is 1. The molecule has 7 heteroatoms.